The summed E-state index contributed by atoms with van der Waals surface area (Å²) < 4.78 is 2.47. The van der Waals surface area contributed by atoms with Crippen molar-refractivity contribution in [2.75, 3.05) is 5.43 Å². The average Bonchev–Trinajstić information content (AvgIpc) is 2.91. The maximum atomic E-state index is 12.4. The second-order valence-electron chi connectivity index (χ2n) is 4.66. The van der Waals surface area contributed by atoms with Crippen molar-refractivity contribution < 1.29 is 9.90 Å². The van der Waals surface area contributed by atoms with E-state index in [4.69, 9.17) is 12.2 Å². The number of halogens is 1. The van der Waals surface area contributed by atoms with Crippen molar-refractivity contribution in [3.05, 3.63) is 62.4 Å². The van der Waals surface area contributed by atoms with Crippen LogP contribution in [0.25, 0.3) is 11.4 Å². The van der Waals surface area contributed by atoms with Gasteiger partial charge in [-0.1, -0.05) is 30.3 Å². The fourth-order valence-corrected chi connectivity index (χ4v) is 2.70. The largest absolute Gasteiger partial charge is 0.507 e. The highest BCUT2D eigenvalue weighted by Crippen LogP contribution is 2.21. The van der Waals surface area contributed by atoms with Gasteiger partial charge in [0.05, 0.1) is 5.56 Å². The predicted molar refractivity (Wildman–Crippen MR) is 97.4 cm³/mol. The Labute approximate surface area is 150 Å². The van der Waals surface area contributed by atoms with E-state index in [0.717, 1.165) is 9.13 Å². The van der Waals surface area contributed by atoms with Gasteiger partial charge in [0.15, 0.2) is 5.82 Å². The first-order valence-electron chi connectivity index (χ1n) is 6.59. The fraction of sp³-hybridized carbons (Fsp3) is 0. The van der Waals surface area contributed by atoms with Crippen LogP contribution in [0.1, 0.15) is 10.4 Å². The maximum absolute atomic E-state index is 12.4. The number of amides is 1. The molecule has 23 heavy (non-hydrogen) atoms. The number of hydrogen-bond donors (Lipinski definition) is 3. The third-order valence-electron chi connectivity index (χ3n) is 3.12. The van der Waals surface area contributed by atoms with Gasteiger partial charge in [-0.05, 0) is 53.0 Å². The Morgan fingerprint density at radius 2 is 2.00 bits per heavy atom. The molecule has 8 heteroatoms. The van der Waals surface area contributed by atoms with Gasteiger partial charge >= 0.3 is 0 Å². The normalized spacial score (nSPS) is 10.5. The SMILES string of the molecule is O=C(Nn1c(-c2ccccc2)n[nH]c1=S)c1cc(I)ccc1O. The van der Waals surface area contributed by atoms with Crippen molar-refractivity contribution in [3.8, 4) is 17.1 Å². The van der Waals surface area contributed by atoms with Crippen molar-refractivity contribution in [2.45, 2.75) is 0 Å². The minimum Gasteiger partial charge on any atom is -0.507 e. The van der Waals surface area contributed by atoms with Crippen LogP contribution in [-0.2, 0) is 0 Å². The summed E-state index contributed by atoms with van der Waals surface area (Å²) in [5.74, 6) is -0.0936. The summed E-state index contributed by atoms with van der Waals surface area (Å²) in [6.45, 7) is 0. The van der Waals surface area contributed by atoms with E-state index < -0.39 is 5.91 Å². The van der Waals surface area contributed by atoms with Crippen molar-refractivity contribution >= 4 is 40.7 Å². The van der Waals surface area contributed by atoms with Crippen molar-refractivity contribution in [1.82, 2.24) is 14.9 Å². The van der Waals surface area contributed by atoms with Gasteiger partial charge in [0.1, 0.15) is 5.75 Å². The molecule has 0 spiro atoms. The standard InChI is InChI=1S/C15H11IN4O2S/c16-10-6-7-12(21)11(8-10)14(22)19-20-13(17-18-15(20)23)9-4-2-1-3-5-9/h1-8,21H,(H,18,23)(H,19,22). The highest BCUT2D eigenvalue weighted by molar-refractivity contribution is 14.1. The lowest BCUT2D eigenvalue weighted by Crippen LogP contribution is -2.24. The second-order valence-corrected chi connectivity index (χ2v) is 6.29. The van der Waals surface area contributed by atoms with Gasteiger partial charge in [0.25, 0.3) is 5.91 Å². The van der Waals surface area contributed by atoms with Gasteiger partial charge in [-0.3, -0.25) is 10.2 Å². The lowest BCUT2D eigenvalue weighted by Gasteiger charge is -2.10. The minimum absolute atomic E-state index is 0.0980. The summed E-state index contributed by atoms with van der Waals surface area (Å²) in [6.07, 6.45) is 0. The van der Waals surface area contributed by atoms with Crippen LogP contribution in [0.4, 0.5) is 0 Å². The van der Waals surface area contributed by atoms with Crippen LogP contribution in [0.5, 0.6) is 5.75 Å². The number of aromatic amines is 1. The van der Waals surface area contributed by atoms with Crippen LogP contribution in [-0.4, -0.2) is 25.9 Å². The molecule has 0 aliphatic carbocycles. The molecular formula is C15H11IN4O2S. The minimum atomic E-state index is -0.476. The Morgan fingerprint density at radius 3 is 2.74 bits per heavy atom. The quantitative estimate of drug-likeness (QED) is 0.433. The van der Waals surface area contributed by atoms with E-state index >= 15 is 0 Å². The molecule has 0 bridgehead atoms. The zero-order valence-electron chi connectivity index (χ0n) is 11.7. The van der Waals surface area contributed by atoms with Gasteiger partial charge in [-0.15, -0.1) is 0 Å². The van der Waals surface area contributed by atoms with Crippen molar-refractivity contribution in [3.63, 3.8) is 0 Å². The molecule has 3 rings (SSSR count). The number of H-pyrrole nitrogens is 1. The number of carbonyl (C=O) groups excluding carboxylic acids is 1. The Balaban J connectivity index is 1.98. The lowest BCUT2D eigenvalue weighted by atomic mass is 10.2. The molecule has 116 valence electrons. The third-order valence-corrected chi connectivity index (χ3v) is 4.07. The molecular weight excluding hydrogens is 427 g/mol. The van der Waals surface area contributed by atoms with Crippen LogP contribution in [0.15, 0.2) is 48.5 Å². The number of carbonyl (C=O) groups is 1. The van der Waals surface area contributed by atoms with E-state index in [1.165, 1.54) is 10.7 Å². The van der Waals surface area contributed by atoms with Crippen LogP contribution in [0, 0.1) is 8.34 Å². The summed E-state index contributed by atoms with van der Waals surface area (Å²) in [6, 6.07) is 14.1. The molecule has 0 radical (unpaired) electrons. The molecule has 0 unspecified atom stereocenters. The summed E-state index contributed by atoms with van der Waals surface area (Å²) in [7, 11) is 0. The first kappa shape index (κ1) is 15.7. The van der Waals surface area contributed by atoms with Gasteiger partial charge in [-0.2, -0.15) is 5.10 Å². The molecule has 0 atom stereocenters. The van der Waals surface area contributed by atoms with Crippen LogP contribution >= 0.6 is 34.8 Å². The highest BCUT2D eigenvalue weighted by Gasteiger charge is 2.15. The lowest BCUT2D eigenvalue weighted by molar-refractivity contribution is 0.100. The molecule has 0 saturated heterocycles. The average molecular weight is 438 g/mol. The molecule has 3 N–H and O–H groups in total. The Morgan fingerprint density at radius 1 is 1.26 bits per heavy atom. The van der Waals surface area contributed by atoms with Crippen LogP contribution in [0.2, 0.25) is 0 Å². The number of phenolic OH excluding ortho intramolecular Hbond substituents is 1. The zero-order valence-corrected chi connectivity index (χ0v) is 14.6. The first-order valence-corrected chi connectivity index (χ1v) is 8.07. The predicted octanol–water partition coefficient (Wildman–Crippen LogP) is 3.30. The smallest absolute Gasteiger partial charge is 0.274 e. The van der Waals surface area contributed by atoms with E-state index in [0.29, 0.717) is 5.82 Å². The summed E-state index contributed by atoms with van der Waals surface area (Å²) in [5.41, 5.74) is 3.62. The molecule has 6 nitrogen and oxygen atoms in total. The van der Waals surface area contributed by atoms with Gasteiger partial charge in [0.2, 0.25) is 4.77 Å². The molecule has 0 saturated carbocycles. The van der Waals surface area contributed by atoms with Gasteiger partial charge in [0, 0.05) is 9.13 Å². The van der Waals surface area contributed by atoms with E-state index in [1.54, 1.807) is 12.1 Å². The first-order chi connectivity index (χ1) is 11.1. The molecule has 1 aromatic heterocycles. The van der Waals surface area contributed by atoms with Gasteiger partial charge in [-0.25, -0.2) is 9.77 Å². The number of hydrogen-bond acceptors (Lipinski definition) is 4. The Hall–Kier alpha value is -2.20. The zero-order chi connectivity index (χ0) is 16.4. The molecule has 0 aliphatic heterocycles. The maximum Gasteiger partial charge on any atom is 0.274 e. The van der Waals surface area contributed by atoms with Crippen molar-refractivity contribution in [1.29, 1.82) is 0 Å². The van der Waals surface area contributed by atoms with Gasteiger partial charge < -0.3 is 5.11 Å². The van der Waals surface area contributed by atoms with E-state index in [1.807, 2.05) is 30.3 Å². The molecule has 0 fully saturated rings. The molecule has 1 amide bonds. The number of benzene rings is 2. The number of nitrogens with one attached hydrogen (secondary N) is 2. The highest BCUT2D eigenvalue weighted by atomic mass is 127. The number of rotatable bonds is 3. The Bertz CT molecular complexity index is 921. The summed E-state index contributed by atoms with van der Waals surface area (Å²) in [5, 5.41) is 16.7. The molecule has 3 aromatic rings. The molecule has 2 aromatic carbocycles. The molecule has 0 aliphatic rings. The number of aromatic nitrogens is 3. The van der Waals surface area contributed by atoms with Crippen LogP contribution < -0.4 is 5.43 Å². The molecule has 1 heterocycles. The number of phenols is 1. The summed E-state index contributed by atoms with van der Waals surface area (Å²) in [4.78, 5) is 12.4. The summed E-state index contributed by atoms with van der Waals surface area (Å²) >= 11 is 7.24. The topological polar surface area (TPSA) is 82.9 Å². The van der Waals surface area contributed by atoms with E-state index in [-0.39, 0.29) is 16.1 Å². The van der Waals surface area contributed by atoms with E-state index in [9.17, 15) is 9.90 Å². The van der Waals surface area contributed by atoms with Crippen molar-refractivity contribution in [2.24, 2.45) is 0 Å². The number of aromatic hydroxyl groups is 1. The van der Waals surface area contributed by atoms with Crippen LogP contribution in [0.3, 0.4) is 0 Å². The monoisotopic (exact) mass is 438 g/mol. The van der Waals surface area contributed by atoms with E-state index in [2.05, 4.69) is 38.2 Å². The fourth-order valence-electron chi connectivity index (χ4n) is 2.03. The second kappa shape index (κ2) is 6.50. The Kier molecular flexibility index (Phi) is 4.44. The third kappa shape index (κ3) is 3.27. The number of nitrogens with zero attached hydrogens (tertiary/aromatic N) is 2.